The first-order chi connectivity index (χ1) is 14.4. The minimum atomic E-state index is -0.322. The van der Waals surface area contributed by atoms with Gasteiger partial charge >= 0.3 is 0 Å². The molecule has 0 spiro atoms. The Morgan fingerprint density at radius 3 is 2.83 bits per heavy atom. The topological polar surface area (TPSA) is 49.8 Å². The molecule has 1 heterocycles. The van der Waals surface area contributed by atoms with Crippen molar-refractivity contribution in [2.45, 2.75) is 103 Å². The first kappa shape index (κ1) is 22.7. The average molecular weight is 420 g/mol. The van der Waals surface area contributed by atoms with Gasteiger partial charge in [-0.3, -0.25) is 9.69 Å². The van der Waals surface area contributed by atoms with E-state index in [4.69, 9.17) is 4.74 Å². The van der Waals surface area contributed by atoms with Crippen molar-refractivity contribution in [3.63, 3.8) is 0 Å². The van der Waals surface area contributed by atoms with Gasteiger partial charge in [-0.15, -0.1) is 0 Å². The molecule has 4 aliphatic rings. The Morgan fingerprint density at radius 2 is 2.07 bits per heavy atom. The van der Waals surface area contributed by atoms with Gasteiger partial charge in [-0.25, -0.2) is 0 Å². The molecule has 0 bridgehead atoms. The maximum atomic E-state index is 13.4. The van der Waals surface area contributed by atoms with E-state index in [2.05, 4.69) is 25.7 Å². The molecule has 172 valence electrons. The smallest absolute Gasteiger partial charge is 0.150 e. The van der Waals surface area contributed by atoms with Gasteiger partial charge in [0.05, 0.1) is 25.4 Å². The summed E-state index contributed by atoms with van der Waals surface area (Å²) in [5, 5.41) is 10.5. The van der Waals surface area contributed by atoms with Crippen molar-refractivity contribution in [3.8, 4) is 0 Å². The summed E-state index contributed by atoms with van der Waals surface area (Å²) < 4.78 is 5.56. The molecule has 1 N–H and O–H groups in total. The predicted octanol–water partition coefficient (Wildman–Crippen LogP) is 4.83. The van der Waals surface area contributed by atoms with Gasteiger partial charge in [-0.2, -0.15) is 0 Å². The highest BCUT2D eigenvalue weighted by Crippen LogP contribution is 2.59. The van der Waals surface area contributed by atoms with Crippen molar-refractivity contribution < 1.29 is 14.6 Å². The zero-order valence-corrected chi connectivity index (χ0v) is 19.7. The van der Waals surface area contributed by atoms with Crippen LogP contribution in [0.2, 0.25) is 0 Å². The van der Waals surface area contributed by atoms with Crippen LogP contribution in [0.1, 0.15) is 91.4 Å². The number of carbonyl (C=O) groups excluding carboxylic acids is 1. The van der Waals surface area contributed by atoms with E-state index in [0.717, 1.165) is 57.3 Å². The summed E-state index contributed by atoms with van der Waals surface area (Å²) in [5.41, 5.74) is -0.102. The van der Waals surface area contributed by atoms with Gasteiger partial charge in [0.25, 0.3) is 0 Å². The first-order valence-corrected chi connectivity index (χ1v) is 12.9. The summed E-state index contributed by atoms with van der Waals surface area (Å²) >= 11 is 0. The van der Waals surface area contributed by atoms with Gasteiger partial charge < -0.3 is 9.84 Å². The molecule has 7 atom stereocenters. The molecule has 1 saturated heterocycles. The molecule has 4 rings (SSSR count). The fourth-order valence-corrected chi connectivity index (χ4v) is 7.63. The predicted molar refractivity (Wildman–Crippen MR) is 120 cm³/mol. The zero-order chi connectivity index (χ0) is 21.4. The van der Waals surface area contributed by atoms with Crippen LogP contribution in [0.5, 0.6) is 0 Å². The lowest BCUT2D eigenvalue weighted by Crippen LogP contribution is -2.49. The fourth-order valence-electron chi connectivity index (χ4n) is 7.63. The van der Waals surface area contributed by atoms with Crippen molar-refractivity contribution in [3.05, 3.63) is 0 Å². The Balaban J connectivity index is 1.30. The Kier molecular flexibility index (Phi) is 6.97. The zero-order valence-electron chi connectivity index (χ0n) is 19.7. The largest absolute Gasteiger partial charge is 0.390 e. The molecule has 4 nitrogen and oxygen atoms in total. The second-order valence-electron chi connectivity index (χ2n) is 11.4. The number of Topliss-reactive ketones (excluding diaryl/α,β-unsaturated/α-hetero) is 1. The molecule has 0 aromatic rings. The van der Waals surface area contributed by atoms with Gasteiger partial charge in [-0.05, 0) is 68.6 Å². The van der Waals surface area contributed by atoms with Crippen LogP contribution in [-0.4, -0.2) is 53.7 Å². The number of rotatable bonds is 9. The lowest BCUT2D eigenvalue weighted by Gasteiger charge is -2.45. The van der Waals surface area contributed by atoms with Crippen LogP contribution in [0.3, 0.4) is 0 Å². The minimum absolute atomic E-state index is 0.220. The van der Waals surface area contributed by atoms with E-state index in [-0.39, 0.29) is 16.9 Å². The molecule has 1 aliphatic heterocycles. The first-order valence-electron chi connectivity index (χ1n) is 12.9. The highest BCUT2D eigenvalue weighted by Gasteiger charge is 2.54. The molecular weight excluding hydrogens is 374 g/mol. The number of hydrogen-bond acceptors (Lipinski definition) is 4. The lowest BCUT2D eigenvalue weighted by molar-refractivity contribution is -0.131. The van der Waals surface area contributed by atoms with Crippen molar-refractivity contribution >= 4 is 5.78 Å². The van der Waals surface area contributed by atoms with E-state index in [1.807, 2.05) is 0 Å². The number of carbonyl (C=O) groups is 1. The van der Waals surface area contributed by atoms with Crippen LogP contribution in [-0.2, 0) is 9.53 Å². The Hall–Kier alpha value is -0.450. The van der Waals surface area contributed by atoms with Crippen molar-refractivity contribution in [1.82, 2.24) is 4.90 Å². The average Bonchev–Trinajstić information content (AvgIpc) is 3.19. The third kappa shape index (κ3) is 4.52. The molecule has 4 fully saturated rings. The molecule has 4 heteroatoms. The van der Waals surface area contributed by atoms with Crippen molar-refractivity contribution in [1.29, 1.82) is 0 Å². The third-order valence-corrected chi connectivity index (χ3v) is 9.53. The highest BCUT2D eigenvalue weighted by atomic mass is 16.5. The van der Waals surface area contributed by atoms with Crippen LogP contribution in [0.4, 0.5) is 0 Å². The summed E-state index contributed by atoms with van der Waals surface area (Å²) in [6.45, 7) is 9.85. The normalized spacial score (nSPS) is 44.1. The van der Waals surface area contributed by atoms with E-state index in [1.54, 1.807) is 0 Å². The quantitative estimate of drug-likeness (QED) is 0.581. The minimum Gasteiger partial charge on any atom is -0.390 e. The van der Waals surface area contributed by atoms with Gasteiger partial charge in [-0.1, -0.05) is 46.0 Å². The van der Waals surface area contributed by atoms with E-state index >= 15 is 0 Å². The number of fused-ring (bicyclic) bond motifs is 1. The molecule has 0 amide bonds. The lowest BCUT2D eigenvalue weighted by atomic mass is 9.60. The summed E-state index contributed by atoms with van der Waals surface area (Å²) in [7, 11) is 0. The number of nitrogens with zero attached hydrogens (tertiary/aromatic N) is 1. The second-order valence-corrected chi connectivity index (χ2v) is 11.4. The molecule has 0 radical (unpaired) electrons. The van der Waals surface area contributed by atoms with E-state index < -0.39 is 0 Å². The Bertz CT molecular complexity index is 609. The summed E-state index contributed by atoms with van der Waals surface area (Å²) in [6, 6.07) is 0.362. The SMILES string of the molecule is CCCC1(O)CC1CCCC1CCCC2(C)C(C(=O)CN3CCOCC3C)CCC12. The summed E-state index contributed by atoms with van der Waals surface area (Å²) in [6.07, 6.45) is 13.1. The number of ketones is 1. The molecule has 0 aromatic carbocycles. The second kappa shape index (κ2) is 9.19. The Morgan fingerprint density at radius 1 is 1.23 bits per heavy atom. The van der Waals surface area contributed by atoms with Gasteiger partial charge in [0.15, 0.2) is 0 Å². The molecule has 30 heavy (non-hydrogen) atoms. The van der Waals surface area contributed by atoms with Crippen LogP contribution in [0.15, 0.2) is 0 Å². The monoisotopic (exact) mass is 419 g/mol. The van der Waals surface area contributed by atoms with Crippen molar-refractivity contribution in [2.75, 3.05) is 26.3 Å². The van der Waals surface area contributed by atoms with Gasteiger partial charge in [0, 0.05) is 18.5 Å². The molecular formula is C26H45NO3. The van der Waals surface area contributed by atoms with Gasteiger partial charge in [0.2, 0.25) is 0 Å². The van der Waals surface area contributed by atoms with Gasteiger partial charge in [0.1, 0.15) is 5.78 Å². The molecule has 3 saturated carbocycles. The maximum Gasteiger partial charge on any atom is 0.150 e. The third-order valence-electron chi connectivity index (χ3n) is 9.53. The highest BCUT2D eigenvalue weighted by molar-refractivity contribution is 5.84. The maximum absolute atomic E-state index is 13.4. The van der Waals surface area contributed by atoms with E-state index in [9.17, 15) is 9.90 Å². The van der Waals surface area contributed by atoms with Crippen LogP contribution in [0.25, 0.3) is 0 Å². The molecule has 0 aromatic heterocycles. The van der Waals surface area contributed by atoms with Crippen molar-refractivity contribution in [2.24, 2.45) is 29.1 Å². The number of hydrogen-bond donors (Lipinski definition) is 1. The molecule has 3 aliphatic carbocycles. The summed E-state index contributed by atoms with van der Waals surface area (Å²) in [4.78, 5) is 15.7. The van der Waals surface area contributed by atoms with Crippen LogP contribution in [0, 0.1) is 29.1 Å². The Labute approximate surface area is 184 Å². The summed E-state index contributed by atoms with van der Waals surface area (Å²) in [5.74, 6) is 2.84. The number of ether oxygens (including phenoxy) is 1. The molecule has 7 unspecified atom stereocenters. The fraction of sp³-hybridized carbons (Fsp3) is 0.962. The van der Waals surface area contributed by atoms with E-state index in [0.29, 0.717) is 24.3 Å². The number of aliphatic hydroxyl groups is 1. The van der Waals surface area contributed by atoms with E-state index in [1.165, 1.54) is 44.9 Å². The van der Waals surface area contributed by atoms with Crippen LogP contribution >= 0.6 is 0 Å². The van der Waals surface area contributed by atoms with Crippen LogP contribution < -0.4 is 0 Å². The standard InChI is InChI=1S/C26H45NO3/c1-4-12-26(29)16-21(26)9-5-7-20-8-6-13-25(3)22(20)10-11-23(25)24(28)17-27-14-15-30-18-19(27)2/h19-23,29H,4-18H2,1-3H3. The number of morpholine rings is 1.